The first-order valence-corrected chi connectivity index (χ1v) is 8.10. The summed E-state index contributed by atoms with van der Waals surface area (Å²) in [4.78, 5) is 24.5. The predicted molar refractivity (Wildman–Crippen MR) is 92.3 cm³/mol. The van der Waals surface area contributed by atoms with Gasteiger partial charge in [-0.05, 0) is 48.4 Å². The van der Waals surface area contributed by atoms with Gasteiger partial charge in [0.05, 0.1) is 12.1 Å². The largest absolute Gasteiger partial charge is 0.490 e. The first kappa shape index (κ1) is 16.8. The van der Waals surface area contributed by atoms with Crippen molar-refractivity contribution >= 4 is 17.7 Å². The van der Waals surface area contributed by atoms with Crippen LogP contribution in [0.5, 0.6) is 5.75 Å². The SMILES string of the molecule is CCc1ccc(N2CC(COc3ccc(C(=O)O)cc3)OC2=O)cc1. The van der Waals surface area contributed by atoms with Crippen LogP contribution in [0.4, 0.5) is 10.5 Å². The fourth-order valence-electron chi connectivity index (χ4n) is 2.61. The molecule has 0 bridgehead atoms. The standard InChI is InChI=1S/C19H19NO5/c1-2-13-3-7-15(8-4-13)20-11-17(25-19(20)23)12-24-16-9-5-14(6-10-16)18(21)22/h3-10,17H,2,11-12H2,1H3,(H,21,22). The van der Waals surface area contributed by atoms with Crippen molar-refractivity contribution in [2.24, 2.45) is 0 Å². The minimum Gasteiger partial charge on any atom is -0.490 e. The van der Waals surface area contributed by atoms with Crippen molar-refractivity contribution in [3.63, 3.8) is 0 Å². The molecule has 0 aliphatic carbocycles. The third-order valence-electron chi connectivity index (χ3n) is 4.07. The quantitative estimate of drug-likeness (QED) is 0.872. The Balaban J connectivity index is 1.57. The van der Waals surface area contributed by atoms with Gasteiger partial charge in [-0.25, -0.2) is 9.59 Å². The van der Waals surface area contributed by atoms with Crippen molar-refractivity contribution in [3.05, 3.63) is 59.7 Å². The zero-order valence-corrected chi connectivity index (χ0v) is 13.8. The molecule has 1 aliphatic rings. The zero-order chi connectivity index (χ0) is 17.8. The lowest BCUT2D eigenvalue weighted by Crippen LogP contribution is -2.26. The van der Waals surface area contributed by atoms with Crippen LogP contribution in [0.1, 0.15) is 22.8 Å². The van der Waals surface area contributed by atoms with E-state index in [0.29, 0.717) is 12.3 Å². The van der Waals surface area contributed by atoms with Crippen LogP contribution in [-0.2, 0) is 11.2 Å². The molecule has 0 radical (unpaired) electrons. The fourth-order valence-corrected chi connectivity index (χ4v) is 2.61. The number of carbonyl (C=O) groups is 2. The van der Waals surface area contributed by atoms with Gasteiger partial charge >= 0.3 is 12.1 Å². The number of ether oxygens (including phenoxy) is 2. The Labute approximate surface area is 145 Å². The Hall–Kier alpha value is -3.02. The highest BCUT2D eigenvalue weighted by molar-refractivity contribution is 5.89. The van der Waals surface area contributed by atoms with Gasteiger partial charge in [-0.15, -0.1) is 0 Å². The molecule has 1 atom stereocenters. The van der Waals surface area contributed by atoms with E-state index in [0.717, 1.165) is 12.1 Å². The maximum atomic E-state index is 12.1. The molecule has 1 N–H and O–H groups in total. The molecule has 0 aromatic heterocycles. The summed E-state index contributed by atoms with van der Waals surface area (Å²) < 4.78 is 10.9. The number of cyclic esters (lactones) is 1. The molecule has 130 valence electrons. The summed E-state index contributed by atoms with van der Waals surface area (Å²) in [5.41, 5.74) is 2.21. The van der Waals surface area contributed by atoms with E-state index in [9.17, 15) is 9.59 Å². The van der Waals surface area contributed by atoms with Gasteiger partial charge in [0.1, 0.15) is 12.4 Å². The van der Waals surface area contributed by atoms with Crippen molar-refractivity contribution in [2.75, 3.05) is 18.1 Å². The molecule has 6 nitrogen and oxygen atoms in total. The number of hydrogen-bond acceptors (Lipinski definition) is 4. The summed E-state index contributed by atoms with van der Waals surface area (Å²) in [6, 6.07) is 13.9. The summed E-state index contributed by atoms with van der Waals surface area (Å²) in [5.74, 6) is -0.451. The van der Waals surface area contributed by atoms with Crippen LogP contribution in [-0.4, -0.2) is 36.4 Å². The number of aryl methyl sites for hydroxylation is 1. The number of amides is 1. The number of benzene rings is 2. The molecule has 2 aromatic rings. The molecule has 1 unspecified atom stereocenters. The van der Waals surface area contributed by atoms with E-state index < -0.39 is 5.97 Å². The highest BCUT2D eigenvalue weighted by atomic mass is 16.6. The number of aromatic carboxylic acids is 1. The van der Waals surface area contributed by atoms with Crippen molar-refractivity contribution < 1.29 is 24.2 Å². The highest BCUT2D eigenvalue weighted by Gasteiger charge is 2.32. The van der Waals surface area contributed by atoms with Crippen LogP contribution in [0.2, 0.25) is 0 Å². The first-order valence-electron chi connectivity index (χ1n) is 8.10. The molecule has 1 heterocycles. The molecular weight excluding hydrogens is 322 g/mol. The Kier molecular flexibility index (Phi) is 4.88. The molecule has 1 amide bonds. The molecular formula is C19H19NO5. The van der Waals surface area contributed by atoms with E-state index in [1.807, 2.05) is 24.3 Å². The average molecular weight is 341 g/mol. The number of carbonyl (C=O) groups excluding carboxylic acids is 1. The molecule has 2 aromatic carbocycles. The van der Waals surface area contributed by atoms with E-state index in [4.69, 9.17) is 14.6 Å². The van der Waals surface area contributed by atoms with Gasteiger partial charge in [0, 0.05) is 5.69 Å². The van der Waals surface area contributed by atoms with E-state index in [-0.39, 0.29) is 24.4 Å². The van der Waals surface area contributed by atoms with Gasteiger partial charge in [-0.2, -0.15) is 0 Å². The maximum Gasteiger partial charge on any atom is 0.414 e. The Morgan fingerprint density at radius 1 is 1.20 bits per heavy atom. The number of rotatable bonds is 6. The molecule has 0 spiro atoms. The molecule has 1 aliphatic heterocycles. The Morgan fingerprint density at radius 2 is 1.88 bits per heavy atom. The second-order valence-corrected chi connectivity index (χ2v) is 5.78. The predicted octanol–water partition coefficient (Wildman–Crippen LogP) is 3.35. The van der Waals surface area contributed by atoms with Crippen molar-refractivity contribution in [2.45, 2.75) is 19.4 Å². The summed E-state index contributed by atoms with van der Waals surface area (Å²) >= 11 is 0. The highest BCUT2D eigenvalue weighted by Crippen LogP contribution is 2.23. The van der Waals surface area contributed by atoms with Gasteiger partial charge in [-0.1, -0.05) is 19.1 Å². The third-order valence-corrected chi connectivity index (χ3v) is 4.07. The van der Waals surface area contributed by atoms with Gasteiger partial charge in [0.2, 0.25) is 0 Å². The number of carboxylic acid groups (broad SMARTS) is 1. The summed E-state index contributed by atoms with van der Waals surface area (Å²) in [7, 11) is 0. The zero-order valence-electron chi connectivity index (χ0n) is 13.8. The smallest absolute Gasteiger partial charge is 0.414 e. The number of nitrogens with zero attached hydrogens (tertiary/aromatic N) is 1. The number of carboxylic acids is 1. The monoisotopic (exact) mass is 341 g/mol. The third kappa shape index (κ3) is 3.91. The number of hydrogen-bond donors (Lipinski definition) is 1. The normalized spacial score (nSPS) is 16.6. The van der Waals surface area contributed by atoms with Crippen LogP contribution in [0, 0.1) is 0 Å². The van der Waals surface area contributed by atoms with E-state index >= 15 is 0 Å². The molecule has 1 saturated heterocycles. The van der Waals surface area contributed by atoms with Gasteiger partial charge < -0.3 is 14.6 Å². The van der Waals surface area contributed by atoms with E-state index in [2.05, 4.69) is 6.92 Å². The lowest BCUT2D eigenvalue weighted by molar-refractivity contribution is 0.0696. The minimum atomic E-state index is -0.985. The molecule has 6 heteroatoms. The Bertz CT molecular complexity index is 754. The molecule has 1 fully saturated rings. The minimum absolute atomic E-state index is 0.196. The fraction of sp³-hybridized carbons (Fsp3) is 0.263. The second kappa shape index (κ2) is 7.25. The maximum absolute atomic E-state index is 12.1. The van der Waals surface area contributed by atoms with Crippen LogP contribution < -0.4 is 9.64 Å². The average Bonchev–Trinajstić information content (AvgIpc) is 3.01. The van der Waals surface area contributed by atoms with Gasteiger partial charge in [-0.3, -0.25) is 4.90 Å². The van der Waals surface area contributed by atoms with Crippen molar-refractivity contribution in [3.8, 4) is 5.75 Å². The molecule has 0 saturated carbocycles. The van der Waals surface area contributed by atoms with Crippen molar-refractivity contribution in [1.29, 1.82) is 0 Å². The second-order valence-electron chi connectivity index (χ2n) is 5.78. The topological polar surface area (TPSA) is 76.1 Å². The molecule has 25 heavy (non-hydrogen) atoms. The van der Waals surface area contributed by atoms with Gasteiger partial charge in [0.15, 0.2) is 6.10 Å². The van der Waals surface area contributed by atoms with Crippen LogP contribution in [0.25, 0.3) is 0 Å². The van der Waals surface area contributed by atoms with E-state index in [1.165, 1.54) is 17.7 Å². The molecule has 3 rings (SSSR count). The first-order chi connectivity index (χ1) is 12.1. The number of anilines is 1. The lowest BCUT2D eigenvalue weighted by Gasteiger charge is -2.13. The van der Waals surface area contributed by atoms with Gasteiger partial charge in [0.25, 0.3) is 0 Å². The summed E-state index contributed by atoms with van der Waals surface area (Å²) in [5, 5.41) is 8.87. The lowest BCUT2D eigenvalue weighted by atomic mass is 10.1. The van der Waals surface area contributed by atoms with Crippen LogP contribution in [0.3, 0.4) is 0 Å². The van der Waals surface area contributed by atoms with Crippen LogP contribution in [0.15, 0.2) is 48.5 Å². The Morgan fingerprint density at radius 3 is 2.48 bits per heavy atom. The van der Waals surface area contributed by atoms with Crippen molar-refractivity contribution in [1.82, 2.24) is 0 Å². The van der Waals surface area contributed by atoms with Crippen LogP contribution >= 0.6 is 0 Å². The summed E-state index contributed by atoms with van der Waals surface area (Å²) in [6.07, 6.45) is 0.179. The van der Waals surface area contributed by atoms with E-state index in [1.54, 1.807) is 17.0 Å². The summed E-state index contributed by atoms with van der Waals surface area (Å²) in [6.45, 7) is 2.70.